The van der Waals surface area contributed by atoms with E-state index in [1.54, 1.807) is 18.2 Å². The maximum atomic E-state index is 12.5. The molecule has 0 amide bonds. The van der Waals surface area contributed by atoms with E-state index in [0.29, 0.717) is 22.6 Å². The van der Waals surface area contributed by atoms with Crippen molar-refractivity contribution < 1.29 is 33.7 Å². The van der Waals surface area contributed by atoms with Crippen LogP contribution in [0.1, 0.15) is 27.6 Å². The molecule has 2 N–H and O–H groups in total. The number of fused-ring (bicyclic) bond motifs is 1. The third-order valence-electron chi connectivity index (χ3n) is 4.62. The number of furan rings is 1. The van der Waals surface area contributed by atoms with E-state index in [-0.39, 0.29) is 5.76 Å². The first kappa shape index (κ1) is 17.0. The SMILES string of the molecule is COc1ccc([C@@H]2c3occc3C(=O)[C@H](CO)[C@H]2C(=O)O)cc1OC. The van der Waals surface area contributed by atoms with Gasteiger partial charge < -0.3 is 24.1 Å². The van der Waals surface area contributed by atoms with Crippen molar-refractivity contribution in [2.75, 3.05) is 20.8 Å². The van der Waals surface area contributed by atoms with Gasteiger partial charge in [0.1, 0.15) is 5.76 Å². The summed E-state index contributed by atoms with van der Waals surface area (Å²) >= 11 is 0. The van der Waals surface area contributed by atoms with E-state index < -0.39 is 36.1 Å². The number of methoxy groups -OCH3 is 2. The van der Waals surface area contributed by atoms with Gasteiger partial charge in [0.2, 0.25) is 0 Å². The molecule has 2 aromatic rings. The van der Waals surface area contributed by atoms with Gasteiger partial charge in [0, 0.05) is 0 Å². The average Bonchev–Trinajstić information content (AvgIpc) is 3.10. The van der Waals surface area contributed by atoms with E-state index in [1.807, 2.05) is 0 Å². The number of ether oxygens (including phenoxy) is 2. The number of rotatable bonds is 5. The Hall–Kier alpha value is -2.80. The highest BCUT2D eigenvalue weighted by Gasteiger charge is 2.48. The topological polar surface area (TPSA) is 106 Å². The zero-order chi connectivity index (χ0) is 18.1. The van der Waals surface area contributed by atoms with Gasteiger partial charge in [-0.3, -0.25) is 9.59 Å². The monoisotopic (exact) mass is 346 g/mol. The van der Waals surface area contributed by atoms with Crippen molar-refractivity contribution in [3.05, 3.63) is 47.4 Å². The molecule has 7 nitrogen and oxygen atoms in total. The summed E-state index contributed by atoms with van der Waals surface area (Å²) in [5.74, 6) is -3.27. The molecular weight excluding hydrogens is 328 g/mol. The fourth-order valence-corrected chi connectivity index (χ4v) is 3.44. The molecule has 0 saturated heterocycles. The Morgan fingerprint density at radius 1 is 1.20 bits per heavy atom. The normalized spacial score (nSPS) is 22.4. The Morgan fingerprint density at radius 3 is 2.52 bits per heavy atom. The molecule has 0 unspecified atom stereocenters. The number of carbonyl (C=O) groups excluding carboxylic acids is 1. The van der Waals surface area contributed by atoms with Crippen LogP contribution in [0.5, 0.6) is 11.5 Å². The second kappa shape index (κ2) is 6.60. The first-order chi connectivity index (χ1) is 12.0. The number of aliphatic hydroxyl groups excluding tert-OH is 1. The number of aliphatic hydroxyl groups is 1. The van der Waals surface area contributed by atoms with Crippen LogP contribution in [0, 0.1) is 11.8 Å². The highest BCUT2D eigenvalue weighted by atomic mass is 16.5. The molecule has 7 heteroatoms. The maximum absolute atomic E-state index is 12.5. The van der Waals surface area contributed by atoms with Gasteiger partial charge in [-0.15, -0.1) is 0 Å². The molecule has 0 radical (unpaired) electrons. The molecule has 0 bridgehead atoms. The summed E-state index contributed by atoms with van der Waals surface area (Å²) in [6.45, 7) is -0.551. The summed E-state index contributed by atoms with van der Waals surface area (Å²) < 4.78 is 16.0. The number of hydrogen-bond acceptors (Lipinski definition) is 6. The molecule has 1 aliphatic rings. The molecule has 132 valence electrons. The van der Waals surface area contributed by atoms with E-state index in [1.165, 1.54) is 26.5 Å². The standard InChI is InChI=1S/C18H18O7/c1-23-12-4-3-9(7-13(12)24-2)14-15(18(21)22)11(8-19)16(20)10-5-6-25-17(10)14/h3-7,11,14-15,19H,8H2,1-2H3,(H,21,22)/t11-,14+,15-/m1/s1. The van der Waals surface area contributed by atoms with Crippen molar-refractivity contribution in [2.24, 2.45) is 11.8 Å². The number of aliphatic carboxylic acids is 1. The smallest absolute Gasteiger partial charge is 0.308 e. The van der Waals surface area contributed by atoms with Crippen LogP contribution in [0.25, 0.3) is 0 Å². The zero-order valence-corrected chi connectivity index (χ0v) is 13.8. The van der Waals surface area contributed by atoms with Gasteiger partial charge in [-0.25, -0.2) is 0 Å². The van der Waals surface area contributed by atoms with E-state index in [9.17, 15) is 19.8 Å². The summed E-state index contributed by atoms with van der Waals surface area (Å²) in [5.41, 5.74) is 0.906. The third-order valence-corrected chi connectivity index (χ3v) is 4.62. The fraction of sp³-hybridized carbons (Fsp3) is 0.333. The number of carboxylic acids is 1. The van der Waals surface area contributed by atoms with Crippen molar-refractivity contribution in [1.29, 1.82) is 0 Å². The van der Waals surface area contributed by atoms with Crippen molar-refractivity contribution >= 4 is 11.8 Å². The lowest BCUT2D eigenvalue weighted by Gasteiger charge is -2.33. The second-order valence-electron chi connectivity index (χ2n) is 5.81. The predicted molar refractivity (Wildman–Crippen MR) is 86.1 cm³/mol. The maximum Gasteiger partial charge on any atom is 0.308 e. The quantitative estimate of drug-likeness (QED) is 0.852. The predicted octanol–water partition coefficient (Wildman–Crippen LogP) is 1.93. The summed E-state index contributed by atoms with van der Waals surface area (Å²) in [6.07, 6.45) is 1.36. The second-order valence-corrected chi connectivity index (χ2v) is 5.81. The number of Topliss-reactive ketones (excluding diaryl/α,β-unsaturated/α-hetero) is 1. The average molecular weight is 346 g/mol. The minimum atomic E-state index is -1.17. The Labute approximate surface area is 143 Å². The Kier molecular flexibility index (Phi) is 4.50. The molecular formula is C18H18O7. The molecule has 1 aromatic heterocycles. The van der Waals surface area contributed by atoms with Crippen LogP contribution in [-0.2, 0) is 4.79 Å². The van der Waals surface area contributed by atoms with Crippen LogP contribution < -0.4 is 9.47 Å². The molecule has 3 atom stereocenters. The van der Waals surface area contributed by atoms with Gasteiger partial charge in [0.15, 0.2) is 17.3 Å². The van der Waals surface area contributed by atoms with E-state index in [4.69, 9.17) is 13.9 Å². The number of carboxylic acid groups (broad SMARTS) is 1. The molecule has 1 heterocycles. The first-order valence-corrected chi connectivity index (χ1v) is 7.70. The van der Waals surface area contributed by atoms with Gasteiger partial charge in [-0.2, -0.15) is 0 Å². The van der Waals surface area contributed by atoms with Crippen LogP contribution in [0.15, 0.2) is 34.9 Å². The molecule has 1 aliphatic carbocycles. The summed E-state index contributed by atoms with van der Waals surface area (Å²) in [5, 5.41) is 19.4. The van der Waals surface area contributed by atoms with Gasteiger partial charge in [-0.1, -0.05) is 6.07 Å². The van der Waals surface area contributed by atoms with Crippen LogP contribution in [-0.4, -0.2) is 42.8 Å². The molecule has 0 saturated carbocycles. The molecule has 0 aliphatic heterocycles. The third kappa shape index (κ3) is 2.66. The number of hydrogen-bond donors (Lipinski definition) is 2. The highest BCUT2D eigenvalue weighted by molar-refractivity contribution is 6.03. The number of carbonyl (C=O) groups is 2. The van der Waals surface area contributed by atoms with Gasteiger partial charge in [0.05, 0.1) is 50.4 Å². The minimum absolute atomic E-state index is 0.286. The largest absolute Gasteiger partial charge is 0.493 e. The summed E-state index contributed by atoms with van der Waals surface area (Å²) in [7, 11) is 2.98. The van der Waals surface area contributed by atoms with E-state index in [0.717, 1.165) is 0 Å². The summed E-state index contributed by atoms with van der Waals surface area (Å²) in [4.78, 5) is 24.4. The van der Waals surface area contributed by atoms with Crippen LogP contribution >= 0.6 is 0 Å². The van der Waals surface area contributed by atoms with Gasteiger partial charge >= 0.3 is 5.97 Å². The lowest BCUT2D eigenvalue weighted by Crippen LogP contribution is -2.41. The molecule has 1 aromatic carbocycles. The van der Waals surface area contributed by atoms with Gasteiger partial charge in [-0.05, 0) is 23.8 Å². The van der Waals surface area contributed by atoms with Crippen LogP contribution in [0.2, 0.25) is 0 Å². The zero-order valence-electron chi connectivity index (χ0n) is 13.8. The Balaban J connectivity index is 2.19. The first-order valence-electron chi connectivity index (χ1n) is 7.70. The van der Waals surface area contributed by atoms with Crippen molar-refractivity contribution in [2.45, 2.75) is 5.92 Å². The van der Waals surface area contributed by atoms with Gasteiger partial charge in [0.25, 0.3) is 0 Å². The van der Waals surface area contributed by atoms with Crippen molar-refractivity contribution in [3.8, 4) is 11.5 Å². The number of ketones is 1. The lowest BCUT2D eigenvalue weighted by atomic mass is 9.69. The number of benzene rings is 1. The molecule has 3 rings (SSSR count). The molecule has 25 heavy (non-hydrogen) atoms. The molecule has 0 fully saturated rings. The van der Waals surface area contributed by atoms with E-state index >= 15 is 0 Å². The minimum Gasteiger partial charge on any atom is -0.493 e. The fourth-order valence-electron chi connectivity index (χ4n) is 3.44. The summed E-state index contributed by atoms with van der Waals surface area (Å²) in [6, 6.07) is 6.54. The van der Waals surface area contributed by atoms with E-state index in [2.05, 4.69) is 0 Å². The van der Waals surface area contributed by atoms with Crippen LogP contribution in [0.4, 0.5) is 0 Å². The van der Waals surface area contributed by atoms with Crippen molar-refractivity contribution in [1.82, 2.24) is 0 Å². The van der Waals surface area contributed by atoms with Crippen molar-refractivity contribution in [3.63, 3.8) is 0 Å². The van der Waals surface area contributed by atoms with Crippen LogP contribution in [0.3, 0.4) is 0 Å². The Bertz CT molecular complexity index is 808. The highest BCUT2D eigenvalue weighted by Crippen LogP contribution is 2.45. The lowest BCUT2D eigenvalue weighted by molar-refractivity contribution is -0.144. The molecule has 0 spiro atoms. The Morgan fingerprint density at radius 2 is 1.92 bits per heavy atom.